The molecule has 0 amide bonds. The molecule has 2 aromatic heterocycles. The highest BCUT2D eigenvalue weighted by molar-refractivity contribution is 5.59. The second-order valence-electron chi connectivity index (χ2n) is 7.28. The number of pyridine rings is 1. The molecule has 0 bridgehead atoms. The van der Waals surface area contributed by atoms with Gasteiger partial charge in [0.2, 0.25) is 0 Å². The SMILES string of the molecule is CCN1CCN(Cc2ccc(Nc3nc(-c4ccc(F)cc4)ncc3F)nc2)CC1. The van der Waals surface area contributed by atoms with E-state index in [4.69, 9.17) is 0 Å². The van der Waals surface area contributed by atoms with Gasteiger partial charge in [-0.05, 0) is 42.4 Å². The molecule has 156 valence electrons. The second kappa shape index (κ2) is 9.23. The molecule has 1 N–H and O–H groups in total. The van der Waals surface area contributed by atoms with Gasteiger partial charge in [0.1, 0.15) is 11.6 Å². The van der Waals surface area contributed by atoms with Crippen molar-refractivity contribution in [3.63, 3.8) is 0 Å². The van der Waals surface area contributed by atoms with Crippen LogP contribution in [-0.4, -0.2) is 57.5 Å². The molecule has 0 aliphatic carbocycles. The molecule has 0 atom stereocenters. The molecule has 4 rings (SSSR count). The molecule has 30 heavy (non-hydrogen) atoms. The predicted octanol–water partition coefficient (Wildman–Crippen LogP) is 3.70. The van der Waals surface area contributed by atoms with Gasteiger partial charge in [0, 0.05) is 44.5 Å². The van der Waals surface area contributed by atoms with Crippen molar-refractivity contribution in [2.75, 3.05) is 38.0 Å². The number of halogens is 2. The van der Waals surface area contributed by atoms with Crippen LogP contribution in [-0.2, 0) is 6.54 Å². The van der Waals surface area contributed by atoms with E-state index in [2.05, 4.69) is 37.0 Å². The van der Waals surface area contributed by atoms with Crippen LogP contribution in [0.1, 0.15) is 12.5 Å². The van der Waals surface area contributed by atoms with E-state index in [-0.39, 0.29) is 11.6 Å². The van der Waals surface area contributed by atoms with Crippen LogP contribution in [0.25, 0.3) is 11.4 Å². The van der Waals surface area contributed by atoms with Crippen molar-refractivity contribution in [2.45, 2.75) is 13.5 Å². The number of piperazine rings is 1. The van der Waals surface area contributed by atoms with Gasteiger partial charge >= 0.3 is 0 Å². The van der Waals surface area contributed by atoms with Crippen LogP contribution in [0.5, 0.6) is 0 Å². The fraction of sp³-hybridized carbons (Fsp3) is 0.318. The Kier molecular flexibility index (Phi) is 6.25. The zero-order valence-electron chi connectivity index (χ0n) is 16.9. The summed E-state index contributed by atoms with van der Waals surface area (Å²) < 4.78 is 27.3. The Labute approximate surface area is 174 Å². The minimum atomic E-state index is -0.583. The number of likely N-dealkylation sites (N-methyl/N-ethyl adjacent to an activating group) is 1. The number of hydrogen-bond donors (Lipinski definition) is 1. The average molecular weight is 410 g/mol. The predicted molar refractivity (Wildman–Crippen MR) is 112 cm³/mol. The Balaban J connectivity index is 1.42. The Morgan fingerprint density at radius 1 is 0.900 bits per heavy atom. The zero-order valence-corrected chi connectivity index (χ0v) is 16.9. The number of rotatable bonds is 6. The Morgan fingerprint density at radius 3 is 2.30 bits per heavy atom. The fourth-order valence-corrected chi connectivity index (χ4v) is 3.43. The minimum absolute atomic E-state index is 0.0280. The lowest BCUT2D eigenvalue weighted by molar-refractivity contribution is 0.132. The summed E-state index contributed by atoms with van der Waals surface area (Å²) in [5.41, 5.74) is 1.71. The van der Waals surface area contributed by atoms with Gasteiger partial charge in [-0.1, -0.05) is 13.0 Å². The zero-order chi connectivity index (χ0) is 20.9. The number of nitrogens with zero attached hydrogens (tertiary/aromatic N) is 5. The summed E-state index contributed by atoms with van der Waals surface area (Å²) in [6, 6.07) is 9.55. The highest BCUT2D eigenvalue weighted by Crippen LogP contribution is 2.21. The molecule has 0 saturated carbocycles. The maximum atomic E-state index is 14.2. The Morgan fingerprint density at radius 2 is 1.63 bits per heavy atom. The lowest BCUT2D eigenvalue weighted by Gasteiger charge is -2.33. The first-order valence-corrected chi connectivity index (χ1v) is 10.1. The van der Waals surface area contributed by atoms with E-state index < -0.39 is 5.82 Å². The highest BCUT2D eigenvalue weighted by Gasteiger charge is 2.16. The first-order chi connectivity index (χ1) is 14.6. The highest BCUT2D eigenvalue weighted by atomic mass is 19.1. The fourth-order valence-electron chi connectivity index (χ4n) is 3.43. The van der Waals surface area contributed by atoms with Crippen molar-refractivity contribution < 1.29 is 8.78 Å². The third-order valence-corrected chi connectivity index (χ3v) is 5.24. The number of hydrogen-bond acceptors (Lipinski definition) is 6. The number of benzene rings is 1. The van der Waals surface area contributed by atoms with Gasteiger partial charge in [-0.25, -0.2) is 23.7 Å². The largest absolute Gasteiger partial charge is 0.322 e. The van der Waals surface area contributed by atoms with Crippen molar-refractivity contribution in [1.29, 1.82) is 0 Å². The maximum Gasteiger partial charge on any atom is 0.184 e. The number of aromatic nitrogens is 3. The quantitative estimate of drug-likeness (QED) is 0.669. The van der Waals surface area contributed by atoms with E-state index in [1.165, 1.54) is 12.1 Å². The maximum absolute atomic E-state index is 14.2. The Hall–Kier alpha value is -2.97. The smallest absolute Gasteiger partial charge is 0.184 e. The average Bonchev–Trinajstić information content (AvgIpc) is 2.78. The summed E-state index contributed by atoms with van der Waals surface area (Å²) in [6.07, 6.45) is 2.90. The molecule has 1 aliphatic heterocycles. The van der Waals surface area contributed by atoms with Gasteiger partial charge in [0.25, 0.3) is 0 Å². The third-order valence-electron chi connectivity index (χ3n) is 5.24. The summed E-state index contributed by atoms with van der Waals surface area (Å²) in [5.74, 6) is -0.101. The van der Waals surface area contributed by atoms with Crippen molar-refractivity contribution in [3.8, 4) is 11.4 Å². The standard InChI is InChI=1S/C22H24F2N6/c1-2-29-9-11-30(12-10-29)15-16-3-8-20(25-13-16)27-22-19(24)14-26-21(28-22)17-4-6-18(23)7-5-17/h3-8,13-14H,2,9-12,15H2,1H3,(H,25,26,27,28). The van der Waals surface area contributed by atoms with Gasteiger partial charge in [-0.2, -0.15) is 0 Å². The van der Waals surface area contributed by atoms with Gasteiger partial charge in [-0.3, -0.25) is 4.90 Å². The lowest BCUT2D eigenvalue weighted by Crippen LogP contribution is -2.45. The van der Waals surface area contributed by atoms with Crippen LogP contribution in [0.3, 0.4) is 0 Å². The Bertz CT molecular complexity index is 970. The molecule has 1 aliphatic rings. The summed E-state index contributed by atoms with van der Waals surface area (Å²) >= 11 is 0. The van der Waals surface area contributed by atoms with E-state index in [1.54, 1.807) is 18.3 Å². The molecule has 3 aromatic rings. The molecule has 1 fully saturated rings. The third kappa shape index (κ3) is 4.95. The molecule has 0 spiro atoms. The molecule has 1 aromatic carbocycles. The van der Waals surface area contributed by atoms with Gasteiger partial charge in [0.05, 0.1) is 6.20 Å². The number of anilines is 2. The van der Waals surface area contributed by atoms with Crippen molar-refractivity contribution in [3.05, 3.63) is 66.0 Å². The van der Waals surface area contributed by atoms with Crippen molar-refractivity contribution in [2.24, 2.45) is 0 Å². The van der Waals surface area contributed by atoms with E-state index >= 15 is 0 Å². The van der Waals surface area contributed by atoms with Crippen molar-refractivity contribution in [1.82, 2.24) is 24.8 Å². The van der Waals surface area contributed by atoms with Crippen LogP contribution >= 0.6 is 0 Å². The van der Waals surface area contributed by atoms with Gasteiger partial charge < -0.3 is 10.2 Å². The lowest BCUT2D eigenvalue weighted by atomic mass is 10.2. The summed E-state index contributed by atoms with van der Waals surface area (Å²) in [7, 11) is 0. The molecular weight excluding hydrogens is 386 g/mol. The first-order valence-electron chi connectivity index (χ1n) is 10.1. The molecule has 1 saturated heterocycles. The first kappa shape index (κ1) is 20.3. The monoisotopic (exact) mass is 410 g/mol. The topological polar surface area (TPSA) is 57.2 Å². The van der Waals surface area contributed by atoms with E-state index in [9.17, 15) is 8.78 Å². The molecule has 3 heterocycles. The molecular formula is C22H24F2N6. The minimum Gasteiger partial charge on any atom is -0.322 e. The summed E-state index contributed by atoms with van der Waals surface area (Å²) in [4.78, 5) is 17.5. The van der Waals surface area contributed by atoms with Crippen LogP contribution in [0, 0.1) is 11.6 Å². The van der Waals surface area contributed by atoms with E-state index in [0.29, 0.717) is 17.2 Å². The summed E-state index contributed by atoms with van der Waals surface area (Å²) in [5, 5.41) is 2.91. The summed E-state index contributed by atoms with van der Waals surface area (Å²) in [6.45, 7) is 8.41. The molecule has 8 heteroatoms. The van der Waals surface area contributed by atoms with Crippen molar-refractivity contribution >= 4 is 11.6 Å². The molecule has 0 radical (unpaired) electrons. The normalized spacial score (nSPS) is 15.3. The number of nitrogens with one attached hydrogen (secondary N) is 1. The van der Waals surface area contributed by atoms with Crippen LogP contribution < -0.4 is 5.32 Å². The van der Waals surface area contributed by atoms with Crippen LogP contribution in [0.15, 0.2) is 48.8 Å². The van der Waals surface area contributed by atoms with Crippen LogP contribution in [0.4, 0.5) is 20.4 Å². The van der Waals surface area contributed by atoms with Gasteiger partial charge in [-0.15, -0.1) is 0 Å². The molecule has 0 unspecified atom stereocenters. The second-order valence-corrected chi connectivity index (χ2v) is 7.28. The van der Waals surface area contributed by atoms with Crippen LogP contribution in [0.2, 0.25) is 0 Å². The van der Waals surface area contributed by atoms with E-state index in [1.807, 2.05) is 12.1 Å². The van der Waals surface area contributed by atoms with E-state index in [0.717, 1.165) is 51.0 Å². The molecule has 6 nitrogen and oxygen atoms in total. The van der Waals surface area contributed by atoms with Gasteiger partial charge in [0.15, 0.2) is 17.5 Å².